The minimum atomic E-state index is -0.734. The molecular weight excluding hydrogens is 274 g/mol. The van der Waals surface area contributed by atoms with Crippen molar-refractivity contribution in [2.45, 2.75) is 44.1 Å². The van der Waals surface area contributed by atoms with E-state index in [2.05, 4.69) is 22.2 Å². The zero-order chi connectivity index (χ0) is 14.1. The van der Waals surface area contributed by atoms with Crippen LogP contribution in [0.4, 0.5) is 5.13 Å². The number of carbonyl (C=O) groups is 1. The summed E-state index contributed by atoms with van der Waals surface area (Å²) in [7, 11) is 2.15. The van der Waals surface area contributed by atoms with Crippen LogP contribution in [0.15, 0.2) is 0 Å². The number of nitrogens with one attached hydrogen (secondary N) is 1. The van der Waals surface area contributed by atoms with Gasteiger partial charge in [-0.2, -0.15) is 0 Å². The largest absolute Gasteiger partial charge is 0.481 e. The van der Waals surface area contributed by atoms with Gasteiger partial charge in [0.25, 0.3) is 0 Å². The van der Waals surface area contributed by atoms with Gasteiger partial charge >= 0.3 is 5.97 Å². The van der Waals surface area contributed by atoms with E-state index in [9.17, 15) is 9.90 Å². The first kappa shape index (κ1) is 13.8. The van der Waals surface area contributed by atoms with Gasteiger partial charge in [-0.15, -0.1) is 11.3 Å². The molecule has 6 heteroatoms. The molecule has 20 heavy (non-hydrogen) atoms. The average molecular weight is 295 g/mol. The molecule has 3 rings (SSSR count). The molecule has 1 unspecified atom stereocenters. The lowest BCUT2D eigenvalue weighted by atomic mass is 9.91. The highest BCUT2D eigenvalue weighted by atomic mass is 32.1. The fraction of sp³-hybridized carbons (Fsp3) is 0.714. The highest BCUT2D eigenvalue weighted by Crippen LogP contribution is 2.37. The maximum Gasteiger partial charge on any atom is 0.312 e. The number of anilines is 1. The van der Waals surface area contributed by atoms with Crippen LogP contribution in [0.1, 0.15) is 42.2 Å². The molecule has 1 saturated heterocycles. The molecule has 5 nitrogen and oxygen atoms in total. The van der Waals surface area contributed by atoms with Crippen LogP contribution in [-0.4, -0.2) is 47.1 Å². The second-order valence-electron chi connectivity index (χ2n) is 5.83. The Bertz CT molecular complexity index is 495. The maximum absolute atomic E-state index is 11.3. The molecule has 1 aliphatic heterocycles. The van der Waals surface area contributed by atoms with Crippen LogP contribution in [0, 0.1) is 0 Å². The number of thiazole rings is 1. The molecule has 1 fully saturated rings. The average Bonchev–Trinajstić information content (AvgIpc) is 2.83. The molecule has 1 aliphatic carbocycles. The monoisotopic (exact) mass is 295 g/mol. The molecule has 0 spiro atoms. The van der Waals surface area contributed by atoms with E-state index in [0.717, 1.165) is 56.0 Å². The van der Waals surface area contributed by atoms with Gasteiger partial charge in [-0.25, -0.2) is 4.98 Å². The number of carboxylic acid groups (broad SMARTS) is 1. The number of aromatic nitrogens is 1. The van der Waals surface area contributed by atoms with Crippen LogP contribution in [0.25, 0.3) is 0 Å². The summed E-state index contributed by atoms with van der Waals surface area (Å²) in [5, 5.41) is 13.7. The fourth-order valence-corrected chi connectivity index (χ4v) is 4.19. The lowest BCUT2D eigenvalue weighted by Crippen LogP contribution is -2.36. The molecule has 2 N–H and O–H groups in total. The molecule has 1 aromatic heterocycles. The van der Waals surface area contributed by atoms with Gasteiger partial charge in [0.1, 0.15) is 5.92 Å². The van der Waals surface area contributed by atoms with E-state index < -0.39 is 11.9 Å². The first-order valence-corrected chi connectivity index (χ1v) is 8.12. The van der Waals surface area contributed by atoms with E-state index in [-0.39, 0.29) is 0 Å². The number of fused-ring (bicyclic) bond motifs is 1. The minimum absolute atomic E-state index is 0.400. The molecule has 110 valence electrons. The van der Waals surface area contributed by atoms with Crippen LogP contribution in [0.5, 0.6) is 0 Å². The summed E-state index contributed by atoms with van der Waals surface area (Å²) in [5.74, 6) is -1.13. The van der Waals surface area contributed by atoms with Gasteiger partial charge in [0, 0.05) is 10.9 Å². The second kappa shape index (κ2) is 5.69. The highest BCUT2D eigenvalue weighted by Gasteiger charge is 2.30. The molecule has 2 heterocycles. The van der Waals surface area contributed by atoms with Gasteiger partial charge in [0.15, 0.2) is 5.13 Å². The Morgan fingerprint density at radius 3 is 2.85 bits per heavy atom. The van der Waals surface area contributed by atoms with Crippen molar-refractivity contribution >= 4 is 22.4 Å². The van der Waals surface area contributed by atoms with Crippen molar-refractivity contribution in [3.63, 3.8) is 0 Å². The Kier molecular flexibility index (Phi) is 3.94. The number of hydrogen-bond donors (Lipinski definition) is 2. The van der Waals surface area contributed by atoms with Crippen LogP contribution >= 0.6 is 11.3 Å². The normalized spacial score (nSPS) is 24.4. The number of carboxylic acids is 1. The molecule has 0 radical (unpaired) electrons. The topological polar surface area (TPSA) is 65.5 Å². The van der Waals surface area contributed by atoms with Crippen LogP contribution < -0.4 is 5.32 Å². The predicted molar refractivity (Wildman–Crippen MR) is 79.6 cm³/mol. The maximum atomic E-state index is 11.3. The van der Waals surface area contributed by atoms with Crippen LogP contribution in [-0.2, 0) is 11.2 Å². The van der Waals surface area contributed by atoms with Crippen molar-refractivity contribution in [1.29, 1.82) is 0 Å². The number of rotatable bonds is 3. The summed E-state index contributed by atoms with van der Waals surface area (Å²) < 4.78 is 0. The number of aliphatic carboxylic acids is 1. The molecule has 0 amide bonds. The lowest BCUT2D eigenvalue weighted by Gasteiger charge is -2.29. The summed E-state index contributed by atoms with van der Waals surface area (Å²) in [6.07, 6.45) is 4.91. The Labute approximate surface area is 123 Å². The molecule has 0 saturated carbocycles. The zero-order valence-corrected chi connectivity index (χ0v) is 12.6. The van der Waals surface area contributed by atoms with Gasteiger partial charge in [-0.1, -0.05) is 0 Å². The molecule has 0 bridgehead atoms. The zero-order valence-electron chi connectivity index (χ0n) is 11.8. The molecule has 1 aromatic rings. The molecule has 0 aromatic carbocycles. The van der Waals surface area contributed by atoms with Crippen molar-refractivity contribution in [3.05, 3.63) is 10.6 Å². The summed E-state index contributed by atoms with van der Waals surface area (Å²) in [5.41, 5.74) is 0.809. The minimum Gasteiger partial charge on any atom is -0.481 e. The second-order valence-corrected chi connectivity index (χ2v) is 6.92. The summed E-state index contributed by atoms with van der Waals surface area (Å²) in [6.45, 7) is 2.22. The fourth-order valence-electron chi connectivity index (χ4n) is 3.05. The van der Waals surface area contributed by atoms with Gasteiger partial charge < -0.3 is 15.3 Å². The quantitative estimate of drug-likeness (QED) is 0.894. The summed E-state index contributed by atoms with van der Waals surface area (Å²) in [6, 6.07) is 0.474. The molecule has 1 atom stereocenters. The third-order valence-electron chi connectivity index (χ3n) is 4.30. The van der Waals surface area contributed by atoms with Crippen molar-refractivity contribution in [3.8, 4) is 0 Å². The van der Waals surface area contributed by atoms with Crippen molar-refractivity contribution in [2.24, 2.45) is 0 Å². The van der Waals surface area contributed by atoms with Crippen molar-refractivity contribution < 1.29 is 9.90 Å². The van der Waals surface area contributed by atoms with E-state index in [1.54, 1.807) is 11.3 Å². The van der Waals surface area contributed by atoms with Gasteiger partial charge in [-0.3, -0.25) is 4.79 Å². The van der Waals surface area contributed by atoms with Crippen LogP contribution in [0.3, 0.4) is 0 Å². The smallest absolute Gasteiger partial charge is 0.312 e. The van der Waals surface area contributed by atoms with E-state index in [1.807, 2.05) is 0 Å². The summed E-state index contributed by atoms with van der Waals surface area (Å²) >= 11 is 1.65. The van der Waals surface area contributed by atoms with E-state index in [0.29, 0.717) is 6.04 Å². The molecule has 2 aliphatic rings. The summed E-state index contributed by atoms with van der Waals surface area (Å²) in [4.78, 5) is 19.4. The Morgan fingerprint density at radius 2 is 2.15 bits per heavy atom. The van der Waals surface area contributed by atoms with Gasteiger partial charge in [0.2, 0.25) is 0 Å². The Morgan fingerprint density at radius 1 is 1.40 bits per heavy atom. The standard InChI is InChI=1S/C14H21N3O2S/c1-17-7-5-9(6-8-17)15-14-16-12-10(13(18)19)3-2-4-11(12)20-14/h9-10H,2-8H2,1H3,(H,15,16)(H,18,19). The SMILES string of the molecule is CN1CCC(Nc2nc3c(s2)CCCC3C(=O)O)CC1. The number of likely N-dealkylation sites (tertiary alicyclic amines) is 1. The number of piperidine rings is 1. The van der Waals surface area contributed by atoms with Crippen molar-refractivity contribution in [1.82, 2.24) is 9.88 Å². The Hall–Kier alpha value is -1.14. The first-order chi connectivity index (χ1) is 9.63. The van der Waals surface area contributed by atoms with Crippen molar-refractivity contribution in [2.75, 3.05) is 25.5 Å². The lowest BCUT2D eigenvalue weighted by molar-refractivity contribution is -0.139. The van der Waals surface area contributed by atoms with Gasteiger partial charge in [0.05, 0.1) is 5.69 Å². The number of hydrogen-bond acceptors (Lipinski definition) is 5. The van der Waals surface area contributed by atoms with Gasteiger partial charge in [-0.05, 0) is 52.2 Å². The first-order valence-electron chi connectivity index (χ1n) is 7.31. The highest BCUT2D eigenvalue weighted by molar-refractivity contribution is 7.15. The number of nitrogens with zero attached hydrogens (tertiary/aromatic N) is 2. The Balaban J connectivity index is 1.71. The van der Waals surface area contributed by atoms with E-state index >= 15 is 0 Å². The third-order valence-corrected chi connectivity index (χ3v) is 5.36. The van der Waals surface area contributed by atoms with E-state index in [4.69, 9.17) is 0 Å². The van der Waals surface area contributed by atoms with E-state index in [1.165, 1.54) is 4.88 Å². The molecular formula is C14H21N3O2S. The number of aryl methyl sites for hydroxylation is 1. The predicted octanol–water partition coefficient (Wildman–Crippen LogP) is 2.15. The van der Waals surface area contributed by atoms with Crippen LogP contribution in [0.2, 0.25) is 0 Å². The third kappa shape index (κ3) is 2.81.